The molecule has 0 saturated heterocycles. The summed E-state index contributed by atoms with van der Waals surface area (Å²) < 4.78 is 1.02. The van der Waals surface area contributed by atoms with Crippen LogP contribution in [0.15, 0.2) is 0 Å². The summed E-state index contributed by atoms with van der Waals surface area (Å²) >= 11 is 0. The van der Waals surface area contributed by atoms with Gasteiger partial charge in [0.05, 0.1) is 0 Å². The molecule has 1 aromatic heterocycles. The van der Waals surface area contributed by atoms with Gasteiger partial charge in [-0.05, 0) is 36.6 Å². The number of nitrogens with two attached hydrogens (primary N) is 1. The second-order valence-corrected chi connectivity index (χ2v) is 4.98. The SMILES string of the molecule is CCN(CC)C(=O)c1nc([N+](=O)[O-])nn1C(CC)(CC)C(N)=O. The average molecular weight is 326 g/mol. The summed E-state index contributed by atoms with van der Waals surface area (Å²) in [4.78, 5) is 39.9. The number of rotatable bonds is 8. The molecule has 0 saturated carbocycles. The van der Waals surface area contributed by atoms with Crippen LogP contribution in [0.5, 0.6) is 0 Å². The Labute approximate surface area is 133 Å². The highest BCUT2D eigenvalue weighted by atomic mass is 16.6. The summed E-state index contributed by atoms with van der Waals surface area (Å²) in [6, 6.07) is 0. The predicted octanol–water partition coefficient (Wildman–Crippen LogP) is 0.669. The van der Waals surface area contributed by atoms with E-state index in [1.165, 1.54) is 4.90 Å². The standard InChI is InChI=1S/C13H22N6O4/c1-5-13(6-2,11(14)21)18-9(10(20)17(7-3)8-4)15-12(16-18)19(22)23/h5-8H2,1-4H3,(H2,14,21). The van der Waals surface area contributed by atoms with E-state index in [1.807, 2.05) is 0 Å². The van der Waals surface area contributed by atoms with Crippen LogP contribution in [0.3, 0.4) is 0 Å². The van der Waals surface area contributed by atoms with E-state index in [-0.39, 0.29) is 18.7 Å². The van der Waals surface area contributed by atoms with Gasteiger partial charge in [0, 0.05) is 18.2 Å². The van der Waals surface area contributed by atoms with E-state index in [4.69, 9.17) is 5.73 Å². The summed E-state index contributed by atoms with van der Waals surface area (Å²) in [6.07, 6.45) is 0.468. The lowest BCUT2D eigenvalue weighted by Gasteiger charge is -2.27. The molecule has 0 spiro atoms. The molecule has 0 aromatic carbocycles. The molecule has 1 heterocycles. The smallest absolute Gasteiger partial charge is 0.390 e. The first-order chi connectivity index (χ1) is 10.8. The van der Waals surface area contributed by atoms with E-state index in [2.05, 4.69) is 10.1 Å². The molecule has 0 bridgehead atoms. The van der Waals surface area contributed by atoms with Gasteiger partial charge in [-0.25, -0.2) is 0 Å². The number of nitro groups is 1. The molecule has 0 aliphatic rings. The van der Waals surface area contributed by atoms with E-state index in [0.717, 1.165) is 4.68 Å². The van der Waals surface area contributed by atoms with Crippen molar-refractivity contribution in [2.24, 2.45) is 5.73 Å². The largest absolute Gasteiger partial charge is 0.491 e. The minimum atomic E-state index is -1.33. The lowest BCUT2D eigenvalue weighted by molar-refractivity contribution is -0.394. The van der Waals surface area contributed by atoms with Crippen LogP contribution in [0.1, 0.15) is 51.2 Å². The molecule has 0 aliphatic carbocycles. The maximum absolute atomic E-state index is 12.6. The number of hydrogen-bond donors (Lipinski definition) is 1. The molecule has 0 unspecified atom stereocenters. The van der Waals surface area contributed by atoms with Gasteiger partial charge in [0.25, 0.3) is 0 Å². The van der Waals surface area contributed by atoms with Crippen LogP contribution in [-0.2, 0) is 10.3 Å². The van der Waals surface area contributed by atoms with Crippen molar-refractivity contribution in [3.8, 4) is 0 Å². The third kappa shape index (κ3) is 3.15. The summed E-state index contributed by atoms with van der Waals surface area (Å²) in [5.41, 5.74) is 4.16. The van der Waals surface area contributed by atoms with Gasteiger partial charge in [0.2, 0.25) is 5.91 Å². The fraction of sp³-hybridized carbons (Fsp3) is 0.692. The number of amides is 2. The molecule has 0 aliphatic heterocycles. The van der Waals surface area contributed by atoms with Gasteiger partial charge in [-0.15, -0.1) is 4.68 Å². The third-order valence-corrected chi connectivity index (χ3v) is 4.04. The molecule has 128 valence electrons. The zero-order valence-electron chi connectivity index (χ0n) is 13.8. The van der Waals surface area contributed by atoms with Crippen molar-refractivity contribution >= 4 is 17.8 Å². The molecule has 0 atom stereocenters. The normalized spacial score (nSPS) is 11.3. The van der Waals surface area contributed by atoms with Gasteiger partial charge in [0.15, 0.2) is 5.54 Å². The van der Waals surface area contributed by atoms with Crippen LogP contribution in [-0.4, -0.2) is 49.5 Å². The lowest BCUT2D eigenvalue weighted by Crippen LogP contribution is -2.48. The monoisotopic (exact) mass is 326 g/mol. The second-order valence-electron chi connectivity index (χ2n) is 4.98. The fourth-order valence-electron chi connectivity index (χ4n) is 2.47. The zero-order valence-corrected chi connectivity index (χ0v) is 13.8. The van der Waals surface area contributed by atoms with Crippen LogP contribution >= 0.6 is 0 Å². The summed E-state index contributed by atoms with van der Waals surface area (Å²) in [6.45, 7) is 7.76. The quantitative estimate of drug-likeness (QED) is 0.550. The summed E-state index contributed by atoms with van der Waals surface area (Å²) in [7, 11) is 0. The molecule has 2 amide bonds. The Morgan fingerprint density at radius 1 is 1.26 bits per heavy atom. The van der Waals surface area contributed by atoms with E-state index >= 15 is 0 Å². The number of carbonyl (C=O) groups is 2. The first kappa shape index (κ1) is 18.5. The average Bonchev–Trinajstić information content (AvgIpc) is 2.96. The Kier molecular flexibility index (Phi) is 5.77. The fourth-order valence-corrected chi connectivity index (χ4v) is 2.47. The maximum Gasteiger partial charge on any atom is 0.491 e. The Morgan fingerprint density at radius 2 is 1.78 bits per heavy atom. The Hall–Kier alpha value is -2.52. The third-order valence-electron chi connectivity index (χ3n) is 4.04. The Balaban J connectivity index is 3.61. The first-order valence-corrected chi connectivity index (χ1v) is 7.50. The molecule has 0 fully saturated rings. The van der Waals surface area contributed by atoms with Crippen molar-refractivity contribution in [1.29, 1.82) is 0 Å². The number of aromatic nitrogens is 3. The van der Waals surface area contributed by atoms with Crippen LogP contribution in [0.4, 0.5) is 5.95 Å². The van der Waals surface area contributed by atoms with E-state index in [9.17, 15) is 19.7 Å². The van der Waals surface area contributed by atoms with Crippen molar-refractivity contribution < 1.29 is 14.5 Å². The Bertz CT molecular complexity index is 604. The van der Waals surface area contributed by atoms with Crippen molar-refractivity contribution in [2.45, 2.75) is 46.1 Å². The molecule has 23 heavy (non-hydrogen) atoms. The first-order valence-electron chi connectivity index (χ1n) is 7.50. The molecular weight excluding hydrogens is 304 g/mol. The van der Waals surface area contributed by atoms with Crippen LogP contribution in [0.25, 0.3) is 0 Å². The van der Waals surface area contributed by atoms with Crippen LogP contribution in [0, 0.1) is 10.1 Å². The van der Waals surface area contributed by atoms with Gasteiger partial charge >= 0.3 is 17.7 Å². The lowest BCUT2D eigenvalue weighted by atomic mass is 9.92. The van der Waals surface area contributed by atoms with E-state index < -0.39 is 28.2 Å². The highest BCUT2D eigenvalue weighted by Gasteiger charge is 2.45. The second kappa shape index (κ2) is 7.16. The highest BCUT2D eigenvalue weighted by molar-refractivity contribution is 5.92. The van der Waals surface area contributed by atoms with Gasteiger partial charge in [0.1, 0.15) is 0 Å². The van der Waals surface area contributed by atoms with Crippen LogP contribution < -0.4 is 5.73 Å². The van der Waals surface area contributed by atoms with Gasteiger partial charge in [-0.1, -0.05) is 13.8 Å². The topological polar surface area (TPSA) is 137 Å². The minimum Gasteiger partial charge on any atom is -0.390 e. The molecular formula is C13H22N6O4. The van der Waals surface area contributed by atoms with Gasteiger partial charge < -0.3 is 20.7 Å². The minimum absolute atomic E-state index is 0.234. The maximum atomic E-state index is 12.6. The number of nitrogens with zero attached hydrogens (tertiary/aromatic N) is 5. The van der Waals surface area contributed by atoms with Crippen LogP contribution in [0.2, 0.25) is 0 Å². The molecule has 1 rings (SSSR count). The molecule has 2 N–H and O–H groups in total. The van der Waals surface area contributed by atoms with E-state index in [0.29, 0.717) is 13.1 Å². The van der Waals surface area contributed by atoms with Crippen molar-refractivity contribution in [3.63, 3.8) is 0 Å². The highest BCUT2D eigenvalue weighted by Crippen LogP contribution is 2.27. The summed E-state index contributed by atoms with van der Waals surface area (Å²) in [5.74, 6) is -2.21. The number of hydrogen-bond acceptors (Lipinski definition) is 6. The van der Waals surface area contributed by atoms with Gasteiger partial charge in [-0.3, -0.25) is 9.59 Å². The van der Waals surface area contributed by atoms with Gasteiger partial charge in [-0.2, -0.15) is 0 Å². The molecule has 10 heteroatoms. The number of primary amides is 1. The zero-order chi connectivity index (χ0) is 17.8. The summed E-state index contributed by atoms with van der Waals surface area (Å²) in [5, 5.41) is 14.8. The molecule has 0 radical (unpaired) electrons. The molecule has 10 nitrogen and oxygen atoms in total. The Morgan fingerprint density at radius 3 is 2.13 bits per heavy atom. The molecule has 1 aromatic rings. The number of carbonyl (C=O) groups excluding carboxylic acids is 2. The predicted molar refractivity (Wildman–Crippen MR) is 81.7 cm³/mol. The van der Waals surface area contributed by atoms with Crippen molar-refractivity contribution in [3.05, 3.63) is 15.9 Å². The van der Waals surface area contributed by atoms with E-state index in [1.54, 1.807) is 27.7 Å². The van der Waals surface area contributed by atoms with Crippen molar-refractivity contribution in [1.82, 2.24) is 19.7 Å². The van der Waals surface area contributed by atoms with Crippen molar-refractivity contribution in [2.75, 3.05) is 13.1 Å².